The first-order chi connectivity index (χ1) is 12.3. The zero-order valence-electron chi connectivity index (χ0n) is 14.4. The lowest BCUT2D eigenvalue weighted by atomic mass is 10.0. The maximum atomic E-state index is 12.6. The van der Waals surface area contributed by atoms with Crippen molar-refractivity contribution in [2.45, 2.75) is 26.4 Å². The average molecular weight is 414 g/mol. The molecule has 0 saturated heterocycles. The van der Waals surface area contributed by atoms with Crippen molar-refractivity contribution in [3.8, 4) is 0 Å². The van der Waals surface area contributed by atoms with Crippen LogP contribution in [0.1, 0.15) is 29.8 Å². The van der Waals surface area contributed by atoms with Gasteiger partial charge in [0.05, 0.1) is 10.6 Å². The molecule has 7 heteroatoms. The Kier molecular flexibility index (Phi) is 7.33. The van der Waals surface area contributed by atoms with Crippen molar-refractivity contribution in [1.82, 2.24) is 10.6 Å². The van der Waals surface area contributed by atoms with Crippen molar-refractivity contribution in [3.63, 3.8) is 0 Å². The van der Waals surface area contributed by atoms with Crippen LogP contribution in [0.15, 0.2) is 42.5 Å². The average Bonchev–Trinajstić information content (AvgIpc) is 2.58. The van der Waals surface area contributed by atoms with E-state index in [1.165, 1.54) is 12.1 Å². The lowest BCUT2D eigenvalue weighted by Gasteiger charge is -2.22. The maximum absolute atomic E-state index is 12.6. The van der Waals surface area contributed by atoms with Crippen LogP contribution >= 0.6 is 34.8 Å². The second-order valence-corrected chi connectivity index (χ2v) is 7.38. The number of halogens is 3. The van der Waals surface area contributed by atoms with Crippen LogP contribution in [0, 0.1) is 5.92 Å². The number of hydrogen-bond donors (Lipinski definition) is 2. The highest BCUT2D eigenvalue weighted by molar-refractivity contribution is 6.36. The molecule has 1 atom stereocenters. The topological polar surface area (TPSA) is 58.2 Å². The molecule has 0 fully saturated rings. The van der Waals surface area contributed by atoms with Crippen molar-refractivity contribution < 1.29 is 9.59 Å². The van der Waals surface area contributed by atoms with Crippen LogP contribution in [-0.4, -0.2) is 17.9 Å². The molecule has 2 amide bonds. The minimum Gasteiger partial charge on any atom is -0.350 e. The summed E-state index contributed by atoms with van der Waals surface area (Å²) in [5.41, 5.74) is 1.07. The van der Waals surface area contributed by atoms with Gasteiger partial charge in [0.15, 0.2) is 0 Å². The molecule has 2 N–H and O–H groups in total. The van der Waals surface area contributed by atoms with E-state index < -0.39 is 11.9 Å². The van der Waals surface area contributed by atoms with Gasteiger partial charge in [-0.2, -0.15) is 0 Å². The molecule has 0 spiro atoms. The Morgan fingerprint density at radius 2 is 1.69 bits per heavy atom. The first kappa shape index (κ1) is 20.6. The van der Waals surface area contributed by atoms with Gasteiger partial charge in [-0.25, -0.2) is 0 Å². The van der Waals surface area contributed by atoms with E-state index in [9.17, 15) is 9.59 Å². The molecular weight excluding hydrogens is 395 g/mol. The normalized spacial score (nSPS) is 11.9. The summed E-state index contributed by atoms with van der Waals surface area (Å²) in [6.45, 7) is 3.98. The van der Waals surface area contributed by atoms with Gasteiger partial charge in [-0.3, -0.25) is 9.59 Å². The molecule has 4 nitrogen and oxygen atoms in total. The first-order valence-electron chi connectivity index (χ1n) is 8.06. The van der Waals surface area contributed by atoms with Crippen molar-refractivity contribution in [1.29, 1.82) is 0 Å². The highest BCUT2D eigenvalue weighted by Crippen LogP contribution is 2.21. The molecule has 2 aromatic rings. The first-order valence-corrected chi connectivity index (χ1v) is 9.20. The predicted molar refractivity (Wildman–Crippen MR) is 106 cm³/mol. The summed E-state index contributed by atoms with van der Waals surface area (Å²) in [7, 11) is 0. The van der Waals surface area contributed by atoms with E-state index in [-0.39, 0.29) is 29.0 Å². The largest absolute Gasteiger partial charge is 0.350 e. The molecule has 0 aliphatic carbocycles. The van der Waals surface area contributed by atoms with Crippen LogP contribution in [-0.2, 0) is 11.3 Å². The van der Waals surface area contributed by atoms with E-state index in [1.54, 1.807) is 12.1 Å². The van der Waals surface area contributed by atoms with E-state index in [0.29, 0.717) is 10.0 Å². The number of amides is 2. The number of carbonyl (C=O) groups is 2. The summed E-state index contributed by atoms with van der Waals surface area (Å²) in [6.07, 6.45) is 0. The third kappa shape index (κ3) is 5.37. The Morgan fingerprint density at radius 1 is 1.00 bits per heavy atom. The molecular formula is C19H19Cl3N2O2. The van der Waals surface area contributed by atoms with Crippen LogP contribution in [0.3, 0.4) is 0 Å². The smallest absolute Gasteiger partial charge is 0.253 e. The minimum atomic E-state index is -0.711. The van der Waals surface area contributed by atoms with Crippen LogP contribution in [0.4, 0.5) is 0 Å². The summed E-state index contributed by atoms with van der Waals surface area (Å²) in [4.78, 5) is 25.0. The minimum absolute atomic E-state index is 0.115. The Bertz CT molecular complexity index is 809. The Labute approximate surface area is 167 Å². The predicted octanol–water partition coefficient (Wildman–Crippen LogP) is 4.72. The number of benzene rings is 2. The van der Waals surface area contributed by atoms with Crippen LogP contribution in [0.5, 0.6) is 0 Å². The number of nitrogens with one attached hydrogen (secondary N) is 2. The van der Waals surface area contributed by atoms with Crippen LogP contribution in [0.2, 0.25) is 15.1 Å². The highest BCUT2D eigenvalue weighted by atomic mass is 35.5. The molecule has 0 unspecified atom stereocenters. The highest BCUT2D eigenvalue weighted by Gasteiger charge is 2.25. The monoisotopic (exact) mass is 412 g/mol. The number of carbonyl (C=O) groups excluding carboxylic acids is 2. The van der Waals surface area contributed by atoms with Gasteiger partial charge in [-0.05, 0) is 35.7 Å². The second kappa shape index (κ2) is 9.26. The molecule has 0 aliphatic rings. The summed E-state index contributed by atoms with van der Waals surface area (Å²) in [5.74, 6) is -0.840. The van der Waals surface area contributed by atoms with E-state index in [1.807, 2.05) is 32.0 Å². The van der Waals surface area contributed by atoms with E-state index >= 15 is 0 Å². The van der Waals surface area contributed by atoms with E-state index in [0.717, 1.165) is 5.56 Å². The van der Waals surface area contributed by atoms with Gasteiger partial charge in [0.1, 0.15) is 6.04 Å². The number of hydrogen-bond acceptors (Lipinski definition) is 2. The SMILES string of the molecule is CC(C)[C@H](NC(=O)c1ccc(Cl)cc1Cl)C(=O)NCc1ccccc1Cl. The molecule has 0 heterocycles. The summed E-state index contributed by atoms with van der Waals surface area (Å²) in [5, 5.41) is 6.78. The maximum Gasteiger partial charge on any atom is 0.253 e. The van der Waals surface area contributed by atoms with Crippen LogP contribution in [0.25, 0.3) is 0 Å². The third-order valence-corrected chi connectivity index (χ3v) is 4.74. The fraction of sp³-hybridized carbons (Fsp3) is 0.263. The van der Waals surface area contributed by atoms with Gasteiger partial charge >= 0.3 is 0 Å². The summed E-state index contributed by atoms with van der Waals surface area (Å²) >= 11 is 18.0. The third-order valence-electron chi connectivity index (χ3n) is 3.82. The molecule has 0 bridgehead atoms. The summed E-state index contributed by atoms with van der Waals surface area (Å²) < 4.78 is 0. The zero-order chi connectivity index (χ0) is 19.3. The quantitative estimate of drug-likeness (QED) is 0.720. The van der Waals surface area contributed by atoms with Gasteiger partial charge in [0, 0.05) is 16.6 Å². The van der Waals surface area contributed by atoms with Crippen LogP contribution < -0.4 is 10.6 Å². The van der Waals surface area contributed by atoms with E-state index in [2.05, 4.69) is 10.6 Å². The fourth-order valence-electron chi connectivity index (χ4n) is 2.36. The van der Waals surface area contributed by atoms with Crippen molar-refractivity contribution in [2.75, 3.05) is 0 Å². The van der Waals surface area contributed by atoms with Gasteiger partial charge in [0.2, 0.25) is 5.91 Å². The number of rotatable bonds is 6. The van der Waals surface area contributed by atoms with Gasteiger partial charge in [-0.1, -0.05) is 66.8 Å². The molecule has 0 saturated carbocycles. The Morgan fingerprint density at radius 3 is 2.31 bits per heavy atom. The molecule has 2 aromatic carbocycles. The van der Waals surface area contributed by atoms with Gasteiger partial charge < -0.3 is 10.6 Å². The Hall–Kier alpha value is -1.75. The summed E-state index contributed by atoms with van der Waals surface area (Å²) in [6, 6.07) is 11.1. The molecule has 138 valence electrons. The Balaban J connectivity index is 2.06. The molecule has 0 aromatic heterocycles. The second-order valence-electron chi connectivity index (χ2n) is 6.13. The van der Waals surface area contributed by atoms with Crippen molar-refractivity contribution >= 4 is 46.6 Å². The van der Waals surface area contributed by atoms with Crippen molar-refractivity contribution in [3.05, 3.63) is 68.7 Å². The van der Waals surface area contributed by atoms with Crippen molar-refractivity contribution in [2.24, 2.45) is 5.92 Å². The van der Waals surface area contributed by atoms with Gasteiger partial charge in [0.25, 0.3) is 5.91 Å². The molecule has 0 aliphatic heterocycles. The molecule has 26 heavy (non-hydrogen) atoms. The fourth-order valence-corrected chi connectivity index (χ4v) is 3.06. The zero-order valence-corrected chi connectivity index (χ0v) is 16.6. The molecule has 2 rings (SSSR count). The van der Waals surface area contributed by atoms with Gasteiger partial charge in [-0.15, -0.1) is 0 Å². The lowest BCUT2D eigenvalue weighted by molar-refractivity contribution is -0.124. The lowest BCUT2D eigenvalue weighted by Crippen LogP contribution is -2.49. The van der Waals surface area contributed by atoms with E-state index in [4.69, 9.17) is 34.8 Å². The standard InChI is InChI=1S/C19H19Cl3N2O2/c1-11(2)17(19(26)23-10-12-5-3-4-6-15(12)21)24-18(25)14-8-7-13(20)9-16(14)22/h3-9,11,17H,10H2,1-2H3,(H,23,26)(H,24,25)/t17-/m0/s1. The molecule has 0 radical (unpaired) electrons.